The summed E-state index contributed by atoms with van der Waals surface area (Å²) in [6.45, 7) is 2.79. The van der Waals surface area contributed by atoms with E-state index in [2.05, 4.69) is 23.7 Å². The maximum absolute atomic E-state index is 5.97. The predicted octanol–water partition coefficient (Wildman–Crippen LogP) is 1.57. The average molecular weight is 258 g/mol. The van der Waals surface area contributed by atoms with Crippen LogP contribution < -0.4 is 5.73 Å². The van der Waals surface area contributed by atoms with Crippen LogP contribution in [0.1, 0.15) is 25.7 Å². The first-order valence-corrected chi connectivity index (χ1v) is 8.06. The lowest BCUT2D eigenvalue weighted by Gasteiger charge is -2.35. The summed E-state index contributed by atoms with van der Waals surface area (Å²) < 4.78 is 5.82. The number of rotatable bonds is 5. The molecule has 0 aromatic rings. The van der Waals surface area contributed by atoms with Crippen molar-refractivity contribution in [2.75, 3.05) is 38.2 Å². The van der Waals surface area contributed by atoms with Crippen molar-refractivity contribution >= 4 is 11.8 Å². The maximum atomic E-state index is 5.97. The standard InChI is InChI=1S/C13H26N2OS/c1-15(9-12-4-2-3-6-16-12)13(8-14)11-5-7-17-10-11/h11-13H,2-10,14H2,1H3. The molecule has 2 rings (SSSR count). The first-order valence-electron chi connectivity index (χ1n) is 6.91. The van der Waals surface area contributed by atoms with Gasteiger partial charge in [0.2, 0.25) is 0 Å². The van der Waals surface area contributed by atoms with Crippen molar-refractivity contribution in [3.8, 4) is 0 Å². The fraction of sp³-hybridized carbons (Fsp3) is 1.00. The summed E-state index contributed by atoms with van der Waals surface area (Å²) in [4.78, 5) is 2.45. The highest BCUT2D eigenvalue weighted by molar-refractivity contribution is 7.99. The number of nitrogens with zero attached hydrogens (tertiary/aromatic N) is 1. The van der Waals surface area contributed by atoms with Gasteiger partial charge in [-0.05, 0) is 50.2 Å². The average Bonchev–Trinajstić information content (AvgIpc) is 2.85. The Labute approximate surface area is 109 Å². The Hall–Kier alpha value is 0.230. The Kier molecular flexibility index (Phi) is 5.60. The highest BCUT2D eigenvalue weighted by Crippen LogP contribution is 2.28. The van der Waals surface area contributed by atoms with Gasteiger partial charge in [-0.15, -0.1) is 0 Å². The molecule has 2 saturated heterocycles. The van der Waals surface area contributed by atoms with Gasteiger partial charge in [0.15, 0.2) is 0 Å². The predicted molar refractivity (Wildman–Crippen MR) is 74.5 cm³/mol. The SMILES string of the molecule is CN(CC1CCCCO1)C(CN)C1CCSC1. The molecule has 4 heteroatoms. The Morgan fingerprint density at radius 1 is 1.41 bits per heavy atom. The van der Waals surface area contributed by atoms with Gasteiger partial charge >= 0.3 is 0 Å². The number of nitrogens with two attached hydrogens (primary N) is 1. The Bertz CT molecular complexity index is 215. The highest BCUT2D eigenvalue weighted by atomic mass is 32.2. The summed E-state index contributed by atoms with van der Waals surface area (Å²) in [5.41, 5.74) is 5.97. The lowest BCUT2D eigenvalue weighted by Crippen LogP contribution is -2.47. The van der Waals surface area contributed by atoms with Gasteiger partial charge < -0.3 is 10.5 Å². The van der Waals surface area contributed by atoms with E-state index in [1.165, 1.54) is 37.2 Å². The van der Waals surface area contributed by atoms with Crippen LogP contribution in [0.15, 0.2) is 0 Å². The Balaban J connectivity index is 1.80. The number of hydrogen-bond donors (Lipinski definition) is 1. The molecule has 2 aliphatic rings. The van der Waals surface area contributed by atoms with Crippen LogP contribution in [0.4, 0.5) is 0 Å². The summed E-state index contributed by atoms with van der Waals surface area (Å²) in [5.74, 6) is 3.39. The monoisotopic (exact) mass is 258 g/mol. The normalized spacial score (nSPS) is 31.9. The maximum Gasteiger partial charge on any atom is 0.0702 e. The topological polar surface area (TPSA) is 38.5 Å². The van der Waals surface area contributed by atoms with E-state index in [4.69, 9.17) is 10.5 Å². The van der Waals surface area contributed by atoms with Gasteiger partial charge in [0, 0.05) is 25.7 Å². The second-order valence-corrected chi connectivity index (χ2v) is 6.50. The van der Waals surface area contributed by atoms with E-state index in [1.807, 2.05) is 0 Å². The minimum Gasteiger partial charge on any atom is -0.377 e. The zero-order valence-electron chi connectivity index (χ0n) is 10.9. The van der Waals surface area contributed by atoms with E-state index in [0.717, 1.165) is 25.6 Å². The largest absolute Gasteiger partial charge is 0.377 e. The first-order chi connectivity index (χ1) is 8.31. The quantitative estimate of drug-likeness (QED) is 0.812. The third-order valence-corrected chi connectivity index (χ3v) is 5.27. The lowest BCUT2D eigenvalue weighted by molar-refractivity contribution is -0.0112. The second kappa shape index (κ2) is 6.98. The second-order valence-electron chi connectivity index (χ2n) is 5.35. The lowest BCUT2D eigenvalue weighted by atomic mass is 9.97. The van der Waals surface area contributed by atoms with Gasteiger partial charge in [-0.25, -0.2) is 0 Å². The third kappa shape index (κ3) is 3.85. The Morgan fingerprint density at radius 3 is 2.88 bits per heavy atom. The van der Waals surface area contributed by atoms with Gasteiger partial charge in [0.05, 0.1) is 6.10 Å². The molecule has 0 saturated carbocycles. The highest BCUT2D eigenvalue weighted by Gasteiger charge is 2.29. The van der Waals surface area contributed by atoms with E-state index < -0.39 is 0 Å². The van der Waals surface area contributed by atoms with Gasteiger partial charge in [0.1, 0.15) is 0 Å². The van der Waals surface area contributed by atoms with Crippen LogP contribution in [-0.2, 0) is 4.74 Å². The zero-order valence-corrected chi connectivity index (χ0v) is 11.8. The van der Waals surface area contributed by atoms with Crippen LogP contribution in [0.25, 0.3) is 0 Å². The fourth-order valence-corrected chi connectivity index (χ4v) is 4.32. The number of thioether (sulfide) groups is 1. The zero-order chi connectivity index (χ0) is 12.1. The third-order valence-electron chi connectivity index (χ3n) is 4.08. The van der Waals surface area contributed by atoms with Crippen LogP contribution in [0.3, 0.4) is 0 Å². The van der Waals surface area contributed by atoms with Crippen LogP contribution in [0.2, 0.25) is 0 Å². The molecule has 2 aliphatic heterocycles. The molecule has 100 valence electrons. The molecule has 3 unspecified atom stereocenters. The summed E-state index contributed by atoms with van der Waals surface area (Å²) in [6, 6.07) is 0.551. The van der Waals surface area contributed by atoms with Crippen LogP contribution in [-0.4, -0.2) is 55.3 Å². The van der Waals surface area contributed by atoms with Crippen molar-refractivity contribution < 1.29 is 4.74 Å². The summed E-state index contributed by atoms with van der Waals surface area (Å²) >= 11 is 2.08. The molecule has 2 N–H and O–H groups in total. The molecule has 0 radical (unpaired) electrons. The van der Waals surface area contributed by atoms with Crippen molar-refractivity contribution in [2.45, 2.75) is 37.8 Å². The molecule has 0 amide bonds. The van der Waals surface area contributed by atoms with Crippen molar-refractivity contribution in [1.82, 2.24) is 4.90 Å². The van der Waals surface area contributed by atoms with Gasteiger partial charge in [-0.3, -0.25) is 4.90 Å². The van der Waals surface area contributed by atoms with Gasteiger partial charge in [0.25, 0.3) is 0 Å². The molecule has 2 fully saturated rings. The molecule has 0 bridgehead atoms. The first kappa shape index (κ1) is 13.7. The molecule has 0 aromatic heterocycles. The van der Waals surface area contributed by atoms with Gasteiger partial charge in [-0.2, -0.15) is 11.8 Å². The molecule has 3 nitrogen and oxygen atoms in total. The van der Waals surface area contributed by atoms with Crippen molar-refractivity contribution in [3.63, 3.8) is 0 Å². The molecule has 2 heterocycles. The fourth-order valence-electron chi connectivity index (χ4n) is 3.00. The molecule has 17 heavy (non-hydrogen) atoms. The van der Waals surface area contributed by atoms with Crippen molar-refractivity contribution in [1.29, 1.82) is 0 Å². The van der Waals surface area contributed by atoms with E-state index in [0.29, 0.717) is 12.1 Å². The summed E-state index contributed by atoms with van der Waals surface area (Å²) in [5, 5.41) is 0. The molecule has 3 atom stereocenters. The summed E-state index contributed by atoms with van der Waals surface area (Å²) in [7, 11) is 2.22. The van der Waals surface area contributed by atoms with E-state index >= 15 is 0 Å². The van der Waals surface area contributed by atoms with E-state index in [9.17, 15) is 0 Å². The molecule has 0 aromatic carbocycles. The van der Waals surface area contributed by atoms with E-state index in [-0.39, 0.29) is 0 Å². The molecular formula is C13H26N2OS. The summed E-state index contributed by atoms with van der Waals surface area (Å²) in [6.07, 6.45) is 5.56. The Morgan fingerprint density at radius 2 is 2.29 bits per heavy atom. The minimum atomic E-state index is 0.442. The van der Waals surface area contributed by atoms with E-state index in [1.54, 1.807) is 0 Å². The minimum absolute atomic E-state index is 0.442. The number of likely N-dealkylation sites (N-methyl/N-ethyl adjacent to an activating group) is 1. The van der Waals surface area contributed by atoms with Crippen molar-refractivity contribution in [3.05, 3.63) is 0 Å². The van der Waals surface area contributed by atoms with Crippen LogP contribution >= 0.6 is 11.8 Å². The number of hydrogen-bond acceptors (Lipinski definition) is 4. The smallest absolute Gasteiger partial charge is 0.0702 e. The van der Waals surface area contributed by atoms with Crippen molar-refractivity contribution in [2.24, 2.45) is 11.7 Å². The molecule has 0 aliphatic carbocycles. The van der Waals surface area contributed by atoms with Crippen LogP contribution in [0, 0.1) is 5.92 Å². The van der Waals surface area contributed by atoms with Gasteiger partial charge in [-0.1, -0.05) is 0 Å². The molecular weight excluding hydrogens is 232 g/mol. The molecule has 0 spiro atoms. The van der Waals surface area contributed by atoms with Crippen LogP contribution in [0.5, 0.6) is 0 Å². The number of ether oxygens (including phenoxy) is 1.